The molecule has 0 radical (unpaired) electrons. The number of amides is 2. The van der Waals surface area contributed by atoms with Gasteiger partial charge in [-0.15, -0.1) is 11.3 Å². The quantitative estimate of drug-likeness (QED) is 0.533. The van der Waals surface area contributed by atoms with Crippen LogP contribution in [0.4, 0.5) is 0 Å². The maximum atomic E-state index is 13.6. The van der Waals surface area contributed by atoms with Gasteiger partial charge in [0.15, 0.2) is 6.04 Å². The maximum Gasteiger partial charge on any atom is 0.265 e. The summed E-state index contributed by atoms with van der Waals surface area (Å²) in [6.07, 6.45) is 5.42. The van der Waals surface area contributed by atoms with Crippen LogP contribution in [0.1, 0.15) is 64.9 Å². The topological polar surface area (TPSA) is 62.6 Å². The van der Waals surface area contributed by atoms with Crippen LogP contribution < -0.4 is 5.32 Å². The molecule has 3 aromatic rings. The minimum Gasteiger partial charge on any atom is -0.464 e. The number of thiophene rings is 1. The normalized spacial score (nSPS) is 15.4. The molecule has 0 aliphatic heterocycles. The molecule has 162 valence electrons. The summed E-state index contributed by atoms with van der Waals surface area (Å²) in [5, 5.41) is 5.08. The van der Waals surface area contributed by atoms with Gasteiger partial charge in [-0.2, -0.15) is 0 Å². The second-order valence-electron chi connectivity index (χ2n) is 8.09. The fraction of sp³-hybridized carbons (Fsp3) is 0.360. The van der Waals surface area contributed by atoms with E-state index < -0.39 is 6.04 Å². The Morgan fingerprint density at radius 2 is 1.84 bits per heavy atom. The number of hydrogen-bond acceptors (Lipinski definition) is 4. The molecule has 2 heterocycles. The summed E-state index contributed by atoms with van der Waals surface area (Å²) in [4.78, 5) is 29.4. The first kappa shape index (κ1) is 21.4. The van der Waals surface area contributed by atoms with Crippen LogP contribution in [0.5, 0.6) is 0 Å². The number of nitrogens with one attached hydrogen (secondary N) is 1. The minimum atomic E-state index is -0.828. The molecule has 1 atom stereocenters. The van der Waals surface area contributed by atoms with Crippen molar-refractivity contribution in [1.29, 1.82) is 0 Å². The van der Waals surface area contributed by atoms with Crippen molar-refractivity contribution in [2.24, 2.45) is 0 Å². The standard InChI is InChI=1S/C25H28N2O3S/c1-18-14-15-21(30-18)23(24(28)26-20-11-6-3-7-12-20)27(17-19-9-4-2-5-10-19)25(29)22-13-8-16-31-22/h2,4-5,8-10,13-16,20,23H,3,6-7,11-12,17H2,1H3,(H,26,28)/t23-/m1/s1. The van der Waals surface area contributed by atoms with Crippen LogP contribution in [-0.4, -0.2) is 22.8 Å². The molecule has 31 heavy (non-hydrogen) atoms. The summed E-state index contributed by atoms with van der Waals surface area (Å²) in [6.45, 7) is 2.17. The van der Waals surface area contributed by atoms with Crippen molar-refractivity contribution in [1.82, 2.24) is 10.2 Å². The molecule has 2 aromatic heterocycles. The maximum absolute atomic E-state index is 13.6. The third-order valence-corrected chi connectivity index (χ3v) is 6.59. The van der Waals surface area contributed by atoms with E-state index in [2.05, 4.69) is 5.32 Å². The Balaban J connectivity index is 1.69. The average Bonchev–Trinajstić information content (AvgIpc) is 3.46. The highest BCUT2D eigenvalue weighted by atomic mass is 32.1. The highest BCUT2D eigenvalue weighted by molar-refractivity contribution is 7.12. The van der Waals surface area contributed by atoms with E-state index >= 15 is 0 Å². The molecule has 1 N–H and O–H groups in total. The van der Waals surface area contributed by atoms with E-state index in [4.69, 9.17) is 4.42 Å². The number of hydrogen-bond donors (Lipinski definition) is 1. The largest absolute Gasteiger partial charge is 0.464 e. The molecular formula is C25H28N2O3S. The van der Waals surface area contributed by atoms with Crippen LogP contribution in [-0.2, 0) is 11.3 Å². The Labute approximate surface area is 187 Å². The van der Waals surface area contributed by atoms with Crippen molar-refractivity contribution in [2.45, 2.75) is 57.7 Å². The van der Waals surface area contributed by atoms with Gasteiger partial charge < -0.3 is 14.6 Å². The number of benzene rings is 1. The van der Waals surface area contributed by atoms with Gasteiger partial charge in [-0.25, -0.2) is 0 Å². The van der Waals surface area contributed by atoms with Gasteiger partial charge in [0.1, 0.15) is 11.5 Å². The smallest absolute Gasteiger partial charge is 0.265 e. The Morgan fingerprint density at radius 1 is 1.06 bits per heavy atom. The monoisotopic (exact) mass is 436 g/mol. The Morgan fingerprint density at radius 3 is 2.48 bits per heavy atom. The molecule has 5 nitrogen and oxygen atoms in total. The molecule has 1 aliphatic carbocycles. The van der Waals surface area contributed by atoms with Gasteiger partial charge in [0, 0.05) is 12.6 Å². The lowest BCUT2D eigenvalue weighted by Crippen LogP contribution is -2.46. The third kappa shape index (κ3) is 5.25. The predicted molar refractivity (Wildman–Crippen MR) is 122 cm³/mol. The van der Waals surface area contributed by atoms with E-state index in [0.717, 1.165) is 31.2 Å². The summed E-state index contributed by atoms with van der Waals surface area (Å²) >= 11 is 1.38. The molecule has 0 bridgehead atoms. The fourth-order valence-electron chi connectivity index (χ4n) is 4.15. The first-order valence-corrected chi connectivity index (χ1v) is 11.7. The van der Waals surface area contributed by atoms with Crippen molar-refractivity contribution >= 4 is 23.2 Å². The van der Waals surface area contributed by atoms with E-state index in [1.807, 2.05) is 54.8 Å². The molecule has 1 aromatic carbocycles. The second kappa shape index (κ2) is 9.96. The lowest BCUT2D eigenvalue weighted by Gasteiger charge is -2.32. The summed E-state index contributed by atoms with van der Waals surface area (Å²) < 4.78 is 5.89. The highest BCUT2D eigenvalue weighted by Crippen LogP contribution is 2.29. The molecule has 1 saturated carbocycles. The van der Waals surface area contributed by atoms with Crippen LogP contribution in [0, 0.1) is 6.92 Å². The van der Waals surface area contributed by atoms with Crippen molar-refractivity contribution in [2.75, 3.05) is 0 Å². The highest BCUT2D eigenvalue weighted by Gasteiger charge is 2.36. The molecule has 1 fully saturated rings. The van der Waals surface area contributed by atoms with Crippen LogP contribution in [0.2, 0.25) is 0 Å². The van der Waals surface area contributed by atoms with Gasteiger partial charge in [-0.3, -0.25) is 9.59 Å². The van der Waals surface area contributed by atoms with Gasteiger partial charge >= 0.3 is 0 Å². The van der Waals surface area contributed by atoms with Gasteiger partial charge in [0.05, 0.1) is 4.88 Å². The van der Waals surface area contributed by atoms with Gasteiger partial charge in [-0.1, -0.05) is 55.7 Å². The molecule has 2 amide bonds. The summed E-state index contributed by atoms with van der Waals surface area (Å²) in [5.74, 6) is 0.860. The Bertz CT molecular complexity index is 991. The van der Waals surface area contributed by atoms with Gasteiger partial charge in [0.25, 0.3) is 11.8 Å². The second-order valence-corrected chi connectivity index (χ2v) is 9.04. The lowest BCUT2D eigenvalue weighted by molar-refractivity contribution is -0.127. The lowest BCUT2D eigenvalue weighted by atomic mass is 9.95. The Hall–Kier alpha value is -2.86. The van der Waals surface area contributed by atoms with Crippen molar-refractivity contribution in [3.8, 4) is 0 Å². The zero-order valence-electron chi connectivity index (χ0n) is 17.8. The van der Waals surface area contributed by atoms with E-state index in [1.165, 1.54) is 17.8 Å². The first-order valence-electron chi connectivity index (χ1n) is 10.9. The first-order chi connectivity index (χ1) is 15.1. The Kier molecular flexibility index (Phi) is 6.87. The van der Waals surface area contributed by atoms with Crippen molar-refractivity contribution in [3.63, 3.8) is 0 Å². The zero-order valence-corrected chi connectivity index (χ0v) is 18.6. The van der Waals surface area contributed by atoms with Gasteiger partial charge in [0.2, 0.25) is 0 Å². The molecule has 0 spiro atoms. The number of carbonyl (C=O) groups excluding carboxylic acids is 2. The van der Waals surface area contributed by atoms with Gasteiger partial charge in [-0.05, 0) is 48.9 Å². The number of furan rings is 1. The predicted octanol–water partition coefficient (Wildman–Crippen LogP) is 5.48. The third-order valence-electron chi connectivity index (χ3n) is 5.73. The van der Waals surface area contributed by atoms with Crippen LogP contribution in [0.15, 0.2) is 64.4 Å². The van der Waals surface area contributed by atoms with Crippen molar-refractivity contribution < 1.29 is 14.0 Å². The minimum absolute atomic E-state index is 0.148. The summed E-state index contributed by atoms with van der Waals surface area (Å²) in [7, 11) is 0. The van der Waals surface area contributed by atoms with E-state index in [-0.39, 0.29) is 17.9 Å². The van der Waals surface area contributed by atoms with E-state index in [0.29, 0.717) is 22.9 Å². The van der Waals surface area contributed by atoms with E-state index in [9.17, 15) is 9.59 Å². The molecular weight excluding hydrogens is 408 g/mol. The molecule has 0 saturated heterocycles. The summed E-state index contributed by atoms with van der Waals surface area (Å²) in [6, 6.07) is 16.4. The van der Waals surface area contributed by atoms with Crippen LogP contribution in [0.25, 0.3) is 0 Å². The molecule has 1 aliphatic rings. The summed E-state index contributed by atoms with van der Waals surface area (Å²) in [5.41, 5.74) is 0.964. The number of rotatable bonds is 7. The number of aryl methyl sites for hydroxylation is 1. The number of carbonyl (C=O) groups is 2. The van der Waals surface area contributed by atoms with Crippen LogP contribution >= 0.6 is 11.3 Å². The fourth-order valence-corrected chi connectivity index (χ4v) is 4.83. The molecule has 0 unspecified atom stereocenters. The van der Waals surface area contributed by atoms with Crippen molar-refractivity contribution in [3.05, 3.63) is 81.9 Å². The number of nitrogens with zero attached hydrogens (tertiary/aromatic N) is 1. The van der Waals surface area contributed by atoms with E-state index in [1.54, 1.807) is 17.0 Å². The van der Waals surface area contributed by atoms with Crippen LogP contribution in [0.3, 0.4) is 0 Å². The molecule has 4 rings (SSSR count). The molecule has 6 heteroatoms. The zero-order chi connectivity index (χ0) is 21.6. The average molecular weight is 437 g/mol. The SMILES string of the molecule is Cc1ccc([C@H](C(=O)NC2CCCCC2)N(Cc2ccccc2)C(=O)c2cccs2)o1.